The van der Waals surface area contributed by atoms with Crippen molar-refractivity contribution in [3.05, 3.63) is 28.6 Å². The number of hydrogen-bond acceptors (Lipinski definition) is 16. The molecule has 6 rings (SSSR count). The van der Waals surface area contributed by atoms with Gasteiger partial charge in [-0.25, -0.2) is 24.9 Å². The van der Waals surface area contributed by atoms with Crippen LogP contribution in [0.25, 0.3) is 21.5 Å². The SMILES string of the molecule is C[C@@H]1[C@@H](OP(O)(=S)OC[C@H]2O[C@@H](n3cnc4c(N)ncnc43)CC2I)[C@H](n2c(=O)sc3c(N)ncnc32)O[C@@H]1COP(C)(=O)O. The summed E-state index contributed by atoms with van der Waals surface area (Å²) >= 11 is 8.46. The van der Waals surface area contributed by atoms with Crippen molar-refractivity contribution in [2.45, 2.75) is 48.0 Å². The standard InChI is InChI=1S/C22H28IN9O9P2S2/c1-9-11(4-37-42(2,34)35)40-21(32-20-16(45-22(32)33)18(25)27-7-29-20)15(9)41-43(36,44)38-5-12-10(23)3-13(39-12)31-8-30-14-17(24)26-6-28-19(14)31/h6-13,15,21H,3-5H2,1-2H3,(H,34,35)(H,36,44)(H2,24,26,28)(H2,25,27,29)/t9-,10?,11+,12+,13+,15+,21+,43?/m0/s1. The lowest BCUT2D eigenvalue weighted by molar-refractivity contribution is -0.0483. The molecule has 3 unspecified atom stereocenters. The lowest BCUT2D eigenvalue weighted by Gasteiger charge is -2.27. The molecule has 6 heterocycles. The van der Waals surface area contributed by atoms with Crippen LogP contribution >= 0.6 is 48.2 Å². The highest BCUT2D eigenvalue weighted by atomic mass is 127. The number of hydrogen-bond donors (Lipinski definition) is 4. The fourth-order valence-electron chi connectivity index (χ4n) is 5.15. The molecule has 0 saturated carbocycles. The Morgan fingerprint density at radius 2 is 1.78 bits per heavy atom. The molecule has 0 spiro atoms. The maximum atomic E-state index is 13.1. The number of nitrogens with two attached hydrogens (primary N) is 2. The van der Waals surface area contributed by atoms with Gasteiger partial charge in [-0.05, 0) is 11.8 Å². The summed E-state index contributed by atoms with van der Waals surface area (Å²) < 4.78 is 44.4. The van der Waals surface area contributed by atoms with E-state index in [1.54, 1.807) is 17.8 Å². The Morgan fingerprint density at radius 1 is 1.09 bits per heavy atom. The number of nitrogens with zero attached hydrogens (tertiary/aromatic N) is 7. The van der Waals surface area contributed by atoms with E-state index in [-0.39, 0.29) is 34.4 Å². The molecule has 45 heavy (non-hydrogen) atoms. The number of halogens is 1. The predicted octanol–water partition coefficient (Wildman–Crippen LogP) is 1.93. The number of aromatic nitrogens is 7. The summed E-state index contributed by atoms with van der Waals surface area (Å²) in [7, 11) is -3.85. The molecule has 0 radical (unpaired) electrons. The highest BCUT2D eigenvalue weighted by molar-refractivity contribution is 14.1. The normalized spacial score (nSPS) is 29.8. The molecule has 0 aromatic carbocycles. The first-order chi connectivity index (χ1) is 21.2. The zero-order chi connectivity index (χ0) is 32.3. The van der Waals surface area contributed by atoms with Crippen LogP contribution in [0.4, 0.5) is 11.6 Å². The van der Waals surface area contributed by atoms with Crippen molar-refractivity contribution >= 4 is 93.2 Å². The van der Waals surface area contributed by atoms with Gasteiger partial charge in [0, 0.05) is 22.9 Å². The monoisotopic (exact) mass is 815 g/mol. The van der Waals surface area contributed by atoms with Crippen molar-refractivity contribution in [2.75, 3.05) is 31.3 Å². The lowest BCUT2D eigenvalue weighted by Crippen LogP contribution is -2.32. The molecule has 2 aliphatic rings. The van der Waals surface area contributed by atoms with Crippen LogP contribution in [0.2, 0.25) is 0 Å². The number of nitrogen functional groups attached to an aromatic ring is 2. The molecule has 4 aromatic heterocycles. The number of imidazole rings is 1. The average molecular weight is 816 g/mol. The van der Waals surface area contributed by atoms with Gasteiger partial charge in [-0.3, -0.25) is 18.5 Å². The van der Waals surface area contributed by atoms with E-state index in [1.165, 1.54) is 17.2 Å². The van der Waals surface area contributed by atoms with Crippen molar-refractivity contribution in [1.82, 2.24) is 34.1 Å². The second-order valence-corrected chi connectivity index (χ2v) is 17.7. The number of anilines is 2. The molecule has 244 valence electrons. The van der Waals surface area contributed by atoms with E-state index in [1.807, 2.05) is 0 Å². The molecule has 4 aromatic rings. The third-order valence-corrected chi connectivity index (χ3v) is 11.8. The van der Waals surface area contributed by atoms with Gasteiger partial charge in [-0.2, -0.15) is 0 Å². The third-order valence-electron chi connectivity index (χ3n) is 7.38. The van der Waals surface area contributed by atoms with Gasteiger partial charge in [0.1, 0.15) is 41.0 Å². The van der Waals surface area contributed by atoms with Crippen molar-refractivity contribution in [2.24, 2.45) is 5.92 Å². The first-order valence-electron chi connectivity index (χ1n) is 13.3. The van der Waals surface area contributed by atoms with Gasteiger partial charge in [-0.1, -0.05) is 40.9 Å². The fraction of sp³-hybridized carbons (Fsp3) is 0.545. The van der Waals surface area contributed by atoms with Gasteiger partial charge < -0.3 is 44.3 Å². The largest absolute Gasteiger partial charge is 0.382 e. The predicted molar refractivity (Wildman–Crippen MR) is 174 cm³/mol. The minimum Gasteiger partial charge on any atom is -0.382 e. The molecule has 0 aliphatic carbocycles. The van der Waals surface area contributed by atoms with E-state index >= 15 is 0 Å². The molecule has 2 aliphatic heterocycles. The minimum atomic E-state index is -3.99. The summed E-state index contributed by atoms with van der Waals surface area (Å²) in [5.74, 6) is -0.226. The molecule has 6 N–H and O–H groups in total. The quantitative estimate of drug-likeness (QED) is 0.101. The van der Waals surface area contributed by atoms with Crippen LogP contribution in [0.3, 0.4) is 0 Å². The second-order valence-electron chi connectivity index (χ2n) is 10.5. The molecule has 23 heteroatoms. The van der Waals surface area contributed by atoms with E-state index in [4.69, 9.17) is 46.3 Å². The maximum Gasteiger partial charge on any atom is 0.325 e. The molecule has 9 atom stereocenters. The molecular formula is C22H28IN9O9P2S2. The van der Waals surface area contributed by atoms with Gasteiger partial charge in [0.2, 0.25) is 0 Å². The van der Waals surface area contributed by atoms with Crippen molar-refractivity contribution < 1.29 is 37.4 Å². The summed E-state index contributed by atoms with van der Waals surface area (Å²) in [6.07, 6.45) is 0.777. The molecule has 0 bridgehead atoms. The van der Waals surface area contributed by atoms with Gasteiger partial charge in [-0.15, -0.1) is 0 Å². The molecule has 2 saturated heterocycles. The van der Waals surface area contributed by atoms with Crippen molar-refractivity contribution in [3.8, 4) is 0 Å². The van der Waals surface area contributed by atoms with Gasteiger partial charge in [0.25, 0.3) is 0 Å². The number of ether oxygens (including phenoxy) is 2. The summed E-state index contributed by atoms with van der Waals surface area (Å²) in [5, 5.41) is 0. The highest BCUT2D eigenvalue weighted by Crippen LogP contribution is 2.52. The van der Waals surface area contributed by atoms with E-state index in [0.717, 1.165) is 18.0 Å². The lowest BCUT2D eigenvalue weighted by atomic mass is 10.0. The fourth-order valence-corrected chi connectivity index (χ4v) is 8.73. The number of alkyl halides is 1. The Labute approximate surface area is 277 Å². The smallest absolute Gasteiger partial charge is 0.325 e. The molecule has 18 nitrogen and oxygen atoms in total. The van der Waals surface area contributed by atoms with Crippen LogP contribution in [0.15, 0.2) is 23.8 Å². The topological polar surface area (TPSA) is 247 Å². The van der Waals surface area contributed by atoms with Crippen LogP contribution in [-0.4, -0.2) is 86.0 Å². The Hall–Kier alpha value is -1.75. The van der Waals surface area contributed by atoms with Gasteiger partial charge >= 0.3 is 19.2 Å². The Kier molecular flexibility index (Phi) is 9.36. The first-order valence-corrected chi connectivity index (χ1v) is 20.0. The second kappa shape index (κ2) is 12.7. The minimum absolute atomic E-state index is 0.0358. The van der Waals surface area contributed by atoms with Crippen LogP contribution in [0, 0.1) is 5.92 Å². The van der Waals surface area contributed by atoms with E-state index in [0.29, 0.717) is 22.3 Å². The summed E-state index contributed by atoms with van der Waals surface area (Å²) in [6, 6.07) is 0. The average Bonchev–Trinajstić information content (AvgIpc) is 3.71. The molecule has 0 amide bonds. The molecular weight excluding hydrogens is 787 g/mol. The van der Waals surface area contributed by atoms with Gasteiger partial charge in [0.05, 0.1) is 31.7 Å². The zero-order valence-electron chi connectivity index (χ0n) is 23.5. The third kappa shape index (κ3) is 6.81. The van der Waals surface area contributed by atoms with Crippen LogP contribution in [-0.2, 0) is 39.4 Å². The van der Waals surface area contributed by atoms with E-state index in [9.17, 15) is 19.1 Å². The van der Waals surface area contributed by atoms with Crippen LogP contribution in [0.1, 0.15) is 25.8 Å². The zero-order valence-corrected chi connectivity index (χ0v) is 29.1. The summed E-state index contributed by atoms with van der Waals surface area (Å²) in [4.78, 5) is 54.2. The Bertz CT molecular complexity index is 1890. The Balaban J connectivity index is 1.20. The van der Waals surface area contributed by atoms with E-state index in [2.05, 4.69) is 47.5 Å². The maximum absolute atomic E-state index is 13.1. The van der Waals surface area contributed by atoms with Crippen molar-refractivity contribution in [3.63, 3.8) is 0 Å². The number of thiazole rings is 1. The Morgan fingerprint density at radius 3 is 2.51 bits per heavy atom. The van der Waals surface area contributed by atoms with Crippen LogP contribution in [0.5, 0.6) is 0 Å². The highest BCUT2D eigenvalue weighted by Gasteiger charge is 2.48. The number of rotatable bonds is 10. The van der Waals surface area contributed by atoms with Crippen molar-refractivity contribution in [1.29, 1.82) is 0 Å². The first kappa shape index (κ1) is 33.2. The van der Waals surface area contributed by atoms with E-state index < -0.39 is 55.9 Å². The summed E-state index contributed by atoms with van der Waals surface area (Å²) in [6.45, 7) is -1.62. The van der Waals surface area contributed by atoms with Gasteiger partial charge in [0.15, 0.2) is 23.3 Å². The number of fused-ring (bicyclic) bond motifs is 2. The summed E-state index contributed by atoms with van der Waals surface area (Å²) in [5.41, 5.74) is 13.1. The molecule has 2 fully saturated rings. The van der Waals surface area contributed by atoms with Crippen LogP contribution < -0.4 is 16.3 Å².